The molecule has 0 bridgehead atoms. The van der Waals surface area contributed by atoms with Crippen LogP contribution in [0.3, 0.4) is 0 Å². The zero-order chi connectivity index (χ0) is 9.72. The monoisotopic (exact) mass is 230 g/mol. The lowest BCUT2D eigenvalue weighted by atomic mass is 10.2. The van der Waals surface area contributed by atoms with Crippen molar-refractivity contribution in [3.63, 3.8) is 0 Å². The van der Waals surface area contributed by atoms with E-state index in [0.29, 0.717) is 12.1 Å². The first-order chi connectivity index (χ1) is 5.54. The van der Waals surface area contributed by atoms with Gasteiger partial charge in [-0.25, -0.2) is 0 Å². The van der Waals surface area contributed by atoms with Crippen LogP contribution in [0.5, 0.6) is 0 Å². The molecule has 0 aromatic heterocycles. The van der Waals surface area contributed by atoms with E-state index >= 15 is 0 Å². The Morgan fingerprint density at radius 1 is 1.08 bits per heavy atom. The summed E-state index contributed by atoms with van der Waals surface area (Å²) < 4.78 is 2.17. The SMILES string of the molecule is CCC(C)N(C(C)CC)[S+](Cl)Cl. The van der Waals surface area contributed by atoms with Gasteiger partial charge in [0, 0.05) is 0 Å². The summed E-state index contributed by atoms with van der Waals surface area (Å²) in [7, 11) is 11.2. The molecule has 0 saturated carbocycles. The van der Waals surface area contributed by atoms with Crippen molar-refractivity contribution in [2.45, 2.75) is 52.6 Å². The molecule has 0 rings (SSSR count). The second-order valence-corrected chi connectivity index (χ2v) is 6.11. The minimum Gasteiger partial charge on any atom is -0.0852 e. The molecular formula is C8H18Cl2NS+. The molecule has 2 atom stereocenters. The van der Waals surface area contributed by atoms with E-state index in [0.717, 1.165) is 12.8 Å². The molecule has 0 radical (unpaired) electrons. The normalized spacial score (nSPS) is 17.0. The highest BCUT2D eigenvalue weighted by Gasteiger charge is 2.34. The van der Waals surface area contributed by atoms with Crippen LogP contribution in [-0.4, -0.2) is 16.4 Å². The largest absolute Gasteiger partial charge is 0.310 e. The van der Waals surface area contributed by atoms with Crippen LogP contribution in [0, 0.1) is 0 Å². The van der Waals surface area contributed by atoms with Crippen LogP contribution in [0.1, 0.15) is 40.5 Å². The van der Waals surface area contributed by atoms with E-state index in [9.17, 15) is 0 Å². The third-order valence-corrected chi connectivity index (χ3v) is 4.20. The lowest BCUT2D eigenvalue weighted by Gasteiger charge is -2.24. The van der Waals surface area contributed by atoms with Gasteiger partial charge in [-0.3, -0.25) is 0 Å². The molecule has 2 unspecified atom stereocenters. The predicted octanol–water partition coefficient (Wildman–Crippen LogP) is 3.73. The molecule has 0 aliphatic carbocycles. The molecular weight excluding hydrogens is 213 g/mol. The van der Waals surface area contributed by atoms with Crippen LogP contribution in [-0.2, 0) is 9.51 Å². The molecule has 0 N–H and O–H groups in total. The van der Waals surface area contributed by atoms with Gasteiger partial charge in [0.25, 0.3) is 0 Å². The van der Waals surface area contributed by atoms with E-state index in [-0.39, 0.29) is 0 Å². The Bertz CT molecular complexity index is 112. The Balaban J connectivity index is 4.21. The minimum absolute atomic E-state index is 0.471. The van der Waals surface area contributed by atoms with Crippen LogP contribution in [0.2, 0.25) is 0 Å². The van der Waals surface area contributed by atoms with Crippen LogP contribution >= 0.6 is 21.4 Å². The second-order valence-electron chi connectivity index (χ2n) is 3.07. The zero-order valence-electron chi connectivity index (χ0n) is 8.18. The lowest BCUT2D eigenvalue weighted by Crippen LogP contribution is -2.39. The maximum atomic E-state index is 5.91. The molecule has 1 nitrogen and oxygen atoms in total. The third-order valence-electron chi connectivity index (χ3n) is 2.21. The summed E-state index contributed by atoms with van der Waals surface area (Å²) in [5.41, 5.74) is 0. The second kappa shape index (κ2) is 6.36. The molecule has 0 aromatic rings. The van der Waals surface area contributed by atoms with Crippen LogP contribution in [0.15, 0.2) is 0 Å². The Morgan fingerprint density at radius 3 is 1.58 bits per heavy atom. The average Bonchev–Trinajstić information content (AvgIpc) is 2.03. The maximum absolute atomic E-state index is 5.91. The lowest BCUT2D eigenvalue weighted by molar-refractivity contribution is 0.288. The number of rotatable bonds is 5. The summed E-state index contributed by atoms with van der Waals surface area (Å²) in [4.78, 5) is 0. The fourth-order valence-corrected chi connectivity index (χ4v) is 3.54. The third kappa shape index (κ3) is 3.73. The van der Waals surface area contributed by atoms with Crippen molar-refractivity contribution >= 4 is 30.9 Å². The van der Waals surface area contributed by atoms with E-state index in [1.165, 1.54) is 0 Å². The van der Waals surface area contributed by atoms with Crippen LogP contribution < -0.4 is 0 Å². The van der Waals surface area contributed by atoms with Crippen molar-refractivity contribution < 1.29 is 0 Å². The van der Waals surface area contributed by atoms with Gasteiger partial charge in [-0.2, -0.15) is 0 Å². The van der Waals surface area contributed by atoms with E-state index in [4.69, 9.17) is 21.4 Å². The van der Waals surface area contributed by atoms with Gasteiger partial charge in [-0.15, -0.1) is 0 Å². The van der Waals surface area contributed by atoms with Crippen molar-refractivity contribution in [3.8, 4) is 0 Å². The van der Waals surface area contributed by atoms with Crippen molar-refractivity contribution in [1.29, 1.82) is 0 Å². The van der Waals surface area contributed by atoms with Gasteiger partial charge < -0.3 is 0 Å². The van der Waals surface area contributed by atoms with Gasteiger partial charge >= 0.3 is 9.51 Å². The van der Waals surface area contributed by atoms with Crippen molar-refractivity contribution in [2.24, 2.45) is 0 Å². The number of halogens is 2. The Kier molecular flexibility index (Phi) is 6.83. The van der Waals surface area contributed by atoms with Gasteiger partial charge in [0.05, 0.1) is 12.1 Å². The molecule has 4 heteroatoms. The standard InChI is InChI=1S/C8H18Cl2NS/c1-5-7(3)11(12(9)10)8(4)6-2/h7-8H,5-6H2,1-4H3/q+1. The first kappa shape index (κ1) is 12.9. The average molecular weight is 231 g/mol. The summed E-state index contributed by atoms with van der Waals surface area (Å²) in [5, 5.41) is 0. The summed E-state index contributed by atoms with van der Waals surface area (Å²) >= 11 is 0. The molecule has 74 valence electrons. The Morgan fingerprint density at radius 2 is 1.42 bits per heavy atom. The van der Waals surface area contributed by atoms with E-state index in [1.54, 1.807) is 0 Å². The molecule has 0 aliphatic rings. The highest BCUT2D eigenvalue weighted by Crippen LogP contribution is 2.24. The summed E-state index contributed by atoms with van der Waals surface area (Å²) in [6.45, 7) is 8.63. The molecule has 0 saturated heterocycles. The molecule has 0 heterocycles. The summed E-state index contributed by atoms with van der Waals surface area (Å²) in [6, 6.07) is 0.941. The molecule has 0 aliphatic heterocycles. The fourth-order valence-electron chi connectivity index (χ4n) is 1.07. The van der Waals surface area contributed by atoms with Crippen molar-refractivity contribution in [2.75, 3.05) is 0 Å². The predicted molar refractivity (Wildman–Crippen MR) is 60.4 cm³/mol. The minimum atomic E-state index is -0.636. The van der Waals surface area contributed by atoms with E-state index in [2.05, 4.69) is 32.0 Å². The molecule has 12 heavy (non-hydrogen) atoms. The Labute approximate surface area is 87.9 Å². The zero-order valence-corrected chi connectivity index (χ0v) is 10.5. The summed E-state index contributed by atoms with van der Waals surface area (Å²) in [5.74, 6) is 0. The van der Waals surface area contributed by atoms with Crippen molar-refractivity contribution in [1.82, 2.24) is 4.31 Å². The van der Waals surface area contributed by atoms with Crippen molar-refractivity contribution in [3.05, 3.63) is 0 Å². The quantitative estimate of drug-likeness (QED) is 0.652. The molecule has 0 aromatic carbocycles. The smallest absolute Gasteiger partial charge is 0.0852 e. The Hall–Kier alpha value is 0.890. The maximum Gasteiger partial charge on any atom is 0.310 e. The fraction of sp³-hybridized carbons (Fsp3) is 1.00. The van der Waals surface area contributed by atoms with Gasteiger partial charge in [-0.05, 0) is 26.7 Å². The number of hydrogen-bond donors (Lipinski definition) is 0. The molecule has 0 amide bonds. The number of hydrogen-bond acceptors (Lipinski definition) is 1. The van der Waals surface area contributed by atoms with Gasteiger partial charge in [0.2, 0.25) is 21.4 Å². The van der Waals surface area contributed by atoms with Crippen LogP contribution in [0.25, 0.3) is 0 Å². The van der Waals surface area contributed by atoms with Crippen LogP contribution in [0.4, 0.5) is 0 Å². The highest BCUT2D eigenvalue weighted by atomic mass is 36.0. The topological polar surface area (TPSA) is 3.24 Å². The highest BCUT2D eigenvalue weighted by molar-refractivity contribution is 8.34. The van der Waals surface area contributed by atoms with Gasteiger partial charge in [0.1, 0.15) is 0 Å². The van der Waals surface area contributed by atoms with Gasteiger partial charge in [-0.1, -0.05) is 18.2 Å². The van der Waals surface area contributed by atoms with Gasteiger partial charge in [0.15, 0.2) is 0 Å². The molecule has 0 fully saturated rings. The van der Waals surface area contributed by atoms with E-state index < -0.39 is 9.51 Å². The number of nitrogens with zero attached hydrogens (tertiary/aromatic N) is 1. The first-order valence-electron chi connectivity index (χ1n) is 4.39. The van der Waals surface area contributed by atoms with E-state index in [1.807, 2.05) is 0 Å². The summed E-state index contributed by atoms with van der Waals surface area (Å²) in [6.07, 6.45) is 2.18. The molecule has 0 spiro atoms. The first-order valence-corrected chi connectivity index (χ1v) is 7.23.